The minimum Gasteiger partial charge on any atom is -0.376 e. The lowest BCUT2D eigenvalue weighted by atomic mass is 10.2. The minimum atomic E-state index is -3.48. The SMILES string of the molecule is N#Cc1cc(F)c(NCc2ccc(S(=O)(=O)N3CCCC3)cc2)c(F)c1. The minimum absolute atomic E-state index is 0.0953. The van der Waals surface area contributed by atoms with Crippen LogP contribution >= 0.6 is 0 Å². The lowest BCUT2D eigenvalue weighted by Crippen LogP contribution is -2.27. The molecule has 0 aromatic heterocycles. The molecule has 26 heavy (non-hydrogen) atoms. The highest BCUT2D eigenvalue weighted by molar-refractivity contribution is 7.89. The van der Waals surface area contributed by atoms with Crippen LogP contribution in [0.15, 0.2) is 41.3 Å². The van der Waals surface area contributed by atoms with Crippen LogP contribution in [0.4, 0.5) is 14.5 Å². The molecule has 0 saturated carbocycles. The van der Waals surface area contributed by atoms with E-state index < -0.39 is 21.7 Å². The van der Waals surface area contributed by atoms with Crippen molar-refractivity contribution in [1.82, 2.24) is 4.31 Å². The molecule has 0 amide bonds. The topological polar surface area (TPSA) is 73.2 Å². The molecule has 0 radical (unpaired) electrons. The maximum atomic E-state index is 13.9. The third-order valence-corrected chi connectivity index (χ3v) is 6.18. The number of halogens is 2. The number of hydrogen-bond donors (Lipinski definition) is 1. The van der Waals surface area contributed by atoms with Gasteiger partial charge in [-0.25, -0.2) is 17.2 Å². The Morgan fingerprint density at radius 1 is 1.08 bits per heavy atom. The van der Waals surface area contributed by atoms with Crippen LogP contribution in [0.1, 0.15) is 24.0 Å². The molecule has 1 fully saturated rings. The van der Waals surface area contributed by atoms with Gasteiger partial charge in [0.15, 0.2) is 11.6 Å². The van der Waals surface area contributed by atoms with E-state index in [1.807, 2.05) is 0 Å². The van der Waals surface area contributed by atoms with Gasteiger partial charge in [0.1, 0.15) is 5.69 Å². The molecule has 2 aromatic carbocycles. The van der Waals surface area contributed by atoms with Crippen molar-refractivity contribution >= 4 is 15.7 Å². The molecule has 1 aliphatic rings. The van der Waals surface area contributed by atoms with Gasteiger partial charge in [-0.15, -0.1) is 0 Å². The molecule has 1 aliphatic heterocycles. The summed E-state index contributed by atoms with van der Waals surface area (Å²) in [7, 11) is -3.48. The van der Waals surface area contributed by atoms with Gasteiger partial charge in [-0.2, -0.15) is 9.57 Å². The van der Waals surface area contributed by atoms with Crippen molar-refractivity contribution in [1.29, 1.82) is 5.26 Å². The molecular formula is C18H17F2N3O2S. The second-order valence-electron chi connectivity index (χ2n) is 6.04. The Morgan fingerprint density at radius 2 is 1.65 bits per heavy atom. The number of nitrogens with zero attached hydrogens (tertiary/aromatic N) is 2. The van der Waals surface area contributed by atoms with Crippen molar-refractivity contribution in [3.05, 3.63) is 59.2 Å². The Bertz CT molecular complexity index is 924. The molecule has 3 rings (SSSR count). The van der Waals surface area contributed by atoms with Crippen molar-refractivity contribution in [2.75, 3.05) is 18.4 Å². The first-order chi connectivity index (χ1) is 12.4. The van der Waals surface area contributed by atoms with E-state index in [0.29, 0.717) is 18.7 Å². The summed E-state index contributed by atoms with van der Waals surface area (Å²) in [6.45, 7) is 1.18. The van der Waals surface area contributed by atoms with Crippen LogP contribution in [0.5, 0.6) is 0 Å². The third-order valence-electron chi connectivity index (χ3n) is 4.27. The maximum Gasteiger partial charge on any atom is 0.243 e. The van der Waals surface area contributed by atoms with Gasteiger partial charge >= 0.3 is 0 Å². The van der Waals surface area contributed by atoms with Crippen LogP contribution in [0, 0.1) is 23.0 Å². The van der Waals surface area contributed by atoms with Gasteiger partial charge in [0.2, 0.25) is 10.0 Å². The monoisotopic (exact) mass is 377 g/mol. The van der Waals surface area contributed by atoms with Crippen molar-refractivity contribution in [2.45, 2.75) is 24.3 Å². The van der Waals surface area contributed by atoms with Crippen LogP contribution in [-0.2, 0) is 16.6 Å². The maximum absolute atomic E-state index is 13.9. The normalized spacial score (nSPS) is 15.0. The second-order valence-corrected chi connectivity index (χ2v) is 7.97. The van der Waals surface area contributed by atoms with Crippen LogP contribution in [0.2, 0.25) is 0 Å². The predicted molar refractivity (Wildman–Crippen MR) is 92.8 cm³/mol. The average Bonchev–Trinajstić information content (AvgIpc) is 3.16. The summed E-state index contributed by atoms with van der Waals surface area (Å²) in [5, 5.41) is 11.3. The van der Waals surface area contributed by atoms with E-state index in [4.69, 9.17) is 5.26 Å². The summed E-state index contributed by atoms with van der Waals surface area (Å²) in [5.41, 5.74) is 0.258. The number of nitrogens with one attached hydrogen (secondary N) is 1. The van der Waals surface area contributed by atoms with Crippen LogP contribution < -0.4 is 5.32 Å². The van der Waals surface area contributed by atoms with Crippen LogP contribution in [-0.4, -0.2) is 25.8 Å². The molecule has 1 saturated heterocycles. The van der Waals surface area contributed by atoms with E-state index in [1.54, 1.807) is 18.2 Å². The van der Waals surface area contributed by atoms with Gasteiger partial charge in [-0.1, -0.05) is 12.1 Å². The largest absolute Gasteiger partial charge is 0.376 e. The van der Waals surface area contributed by atoms with E-state index in [2.05, 4.69) is 5.32 Å². The van der Waals surface area contributed by atoms with Crippen molar-refractivity contribution in [3.63, 3.8) is 0 Å². The van der Waals surface area contributed by atoms with Crippen LogP contribution in [0.25, 0.3) is 0 Å². The Hall–Kier alpha value is -2.50. The van der Waals surface area contributed by atoms with Gasteiger partial charge in [0.05, 0.1) is 16.5 Å². The van der Waals surface area contributed by atoms with Gasteiger partial charge in [0, 0.05) is 19.6 Å². The zero-order valence-corrected chi connectivity index (χ0v) is 14.7. The molecule has 2 aromatic rings. The summed E-state index contributed by atoms with van der Waals surface area (Å²) in [6.07, 6.45) is 1.73. The fourth-order valence-corrected chi connectivity index (χ4v) is 4.37. The molecule has 1 N–H and O–H groups in total. The van der Waals surface area contributed by atoms with E-state index in [1.165, 1.54) is 16.4 Å². The number of anilines is 1. The summed E-state index contributed by atoms with van der Waals surface area (Å²) in [6, 6.07) is 9.80. The summed E-state index contributed by atoms with van der Waals surface area (Å²) < 4.78 is 54.1. The fourth-order valence-electron chi connectivity index (χ4n) is 2.85. The lowest BCUT2D eigenvalue weighted by molar-refractivity contribution is 0.477. The van der Waals surface area contributed by atoms with E-state index in [0.717, 1.165) is 25.0 Å². The molecule has 0 atom stereocenters. The van der Waals surface area contributed by atoms with Crippen LogP contribution in [0.3, 0.4) is 0 Å². The zero-order valence-electron chi connectivity index (χ0n) is 13.9. The molecule has 0 aliphatic carbocycles. The fraction of sp³-hybridized carbons (Fsp3) is 0.278. The highest BCUT2D eigenvalue weighted by atomic mass is 32.2. The smallest absolute Gasteiger partial charge is 0.243 e. The first-order valence-corrected chi connectivity index (χ1v) is 9.58. The highest BCUT2D eigenvalue weighted by Crippen LogP contribution is 2.23. The van der Waals surface area contributed by atoms with Crippen molar-refractivity contribution in [2.24, 2.45) is 0 Å². The summed E-state index contributed by atoms with van der Waals surface area (Å²) >= 11 is 0. The lowest BCUT2D eigenvalue weighted by Gasteiger charge is -2.16. The Balaban J connectivity index is 1.72. The molecule has 1 heterocycles. The molecule has 8 heteroatoms. The van der Waals surface area contributed by atoms with Crippen molar-refractivity contribution < 1.29 is 17.2 Å². The number of hydrogen-bond acceptors (Lipinski definition) is 4. The molecule has 0 spiro atoms. The van der Waals surface area contributed by atoms with Gasteiger partial charge in [0.25, 0.3) is 0 Å². The first-order valence-electron chi connectivity index (χ1n) is 8.14. The summed E-state index contributed by atoms with van der Waals surface area (Å²) in [5.74, 6) is -1.70. The van der Waals surface area contributed by atoms with Gasteiger partial charge < -0.3 is 5.32 Å². The molecule has 0 bridgehead atoms. The Kier molecular flexibility index (Phi) is 5.20. The van der Waals surface area contributed by atoms with Crippen molar-refractivity contribution in [3.8, 4) is 6.07 Å². The number of rotatable bonds is 5. The molecule has 136 valence electrons. The average molecular weight is 377 g/mol. The quantitative estimate of drug-likeness (QED) is 0.868. The molecular weight excluding hydrogens is 360 g/mol. The Labute approximate surface area is 150 Å². The zero-order chi connectivity index (χ0) is 18.7. The Morgan fingerprint density at radius 3 is 2.19 bits per heavy atom. The number of benzene rings is 2. The highest BCUT2D eigenvalue weighted by Gasteiger charge is 2.26. The van der Waals surface area contributed by atoms with E-state index in [-0.39, 0.29) is 22.7 Å². The first kappa shape index (κ1) is 18.3. The molecule has 5 nitrogen and oxygen atoms in total. The predicted octanol–water partition coefficient (Wildman–Crippen LogP) is 3.23. The second kappa shape index (κ2) is 7.40. The number of sulfonamides is 1. The van der Waals surface area contributed by atoms with E-state index in [9.17, 15) is 17.2 Å². The third kappa shape index (κ3) is 3.69. The standard InChI is InChI=1S/C18H17F2N3O2S/c19-16-9-14(11-21)10-17(20)18(16)22-12-13-3-5-15(6-4-13)26(24,25)23-7-1-2-8-23/h3-6,9-10,22H,1-2,7-8,12H2. The molecule has 0 unspecified atom stereocenters. The summed E-state index contributed by atoms with van der Waals surface area (Å²) in [4.78, 5) is 0.207. The van der Waals surface area contributed by atoms with Gasteiger partial charge in [-0.05, 0) is 42.7 Å². The van der Waals surface area contributed by atoms with Gasteiger partial charge in [-0.3, -0.25) is 0 Å². The number of nitriles is 1. The van der Waals surface area contributed by atoms with E-state index >= 15 is 0 Å².